The van der Waals surface area contributed by atoms with Gasteiger partial charge < -0.3 is 10.1 Å². The Bertz CT molecular complexity index is 1150. The van der Waals surface area contributed by atoms with E-state index < -0.39 is 10.0 Å². The topological polar surface area (TPSA) is 97.4 Å². The minimum atomic E-state index is -3.65. The van der Waals surface area contributed by atoms with Gasteiger partial charge in [-0.05, 0) is 56.2 Å². The minimum absolute atomic E-state index is 0.0780. The van der Waals surface area contributed by atoms with Gasteiger partial charge in [0, 0.05) is 35.3 Å². The number of amides is 1. The lowest BCUT2D eigenvalue weighted by Gasteiger charge is -2.12. The van der Waals surface area contributed by atoms with E-state index >= 15 is 0 Å². The van der Waals surface area contributed by atoms with E-state index in [1.807, 2.05) is 36.6 Å². The quantitative estimate of drug-likeness (QED) is 0.562. The molecule has 0 aliphatic carbocycles. The van der Waals surface area contributed by atoms with Gasteiger partial charge in [0.05, 0.1) is 21.7 Å². The molecule has 0 bridgehead atoms. The fraction of sp³-hybridized carbons (Fsp3) is 0.273. The molecule has 1 aliphatic heterocycles. The van der Waals surface area contributed by atoms with Crippen LogP contribution in [-0.4, -0.2) is 38.6 Å². The Kier molecular flexibility index (Phi) is 6.47. The highest BCUT2D eigenvalue weighted by molar-refractivity contribution is 7.89. The number of rotatable bonds is 7. The third kappa shape index (κ3) is 5.37. The zero-order valence-corrected chi connectivity index (χ0v) is 18.6. The van der Waals surface area contributed by atoms with E-state index in [2.05, 4.69) is 15.0 Å². The van der Waals surface area contributed by atoms with Crippen molar-refractivity contribution in [2.75, 3.05) is 18.5 Å². The van der Waals surface area contributed by atoms with E-state index in [-0.39, 0.29) is 23.5 Å². The Morgan fingerprint density at radius 2 is 1.90 bits per heavy atom. The number of hydrogen-bond donors (Lipinski definition) is 2. The van der Waals surface area contributed by atoms with Crippen molar-refractivity contribution in [1.29, 1.82) is 0 Å². The predicted octanol–water partition coefficient (Wildman–Crippen LogP) is 3.83. The number of aromatic nitrogens is 1. The minimum Gasteiger partial charge on any atom is -0.377 e. The van der Waals surface area contributed by atoms with Crippen molar-refractivity contribution < 1.29 is 17.9 Å². The molecular formula is C22H23N3O4S2. The maximum atomic E-state index is 12.5. The summed E-state index contributed by atoms with van der Waals surface area (Å²) >= 11 is 1.59. The van der Waals surface area contributed by atoms with Crippen LogP contribution in [0, 0.1) is 6.92 Å². The smallest absolute Gasteiger partial charge is 0.255 e. The van der Waals surface area contributed by atoms with Gasteiger partial charge in [0.2, 0.25) is 10.0 Å². The summed E-state index contributed by atoms with van der Waals surface area (Å²) in [7, 11) is -3.65. The molecule has 0 saturated carbocycles. The molecule has 4 rings (SSSR count). The van der Waals surface area contributed by atoms with Crippen LogP contribution in [0.1, 0.15) is 28.2 Å². The number of carbonyl (C=O) groups excluding carboxylic acids is 1. The third-order valence-corrected chi connectivity index (χ3v) is 7.22. The van der Waals surface area contributed by atoms with Gasteiger partial charge in [-0.3, -0.25) is 4.79 Å². The van der Waals surface area contributed by atoms with Crippen molar-refractivity contribution in [1.82, 2.24) is 9.71 Å². The van der Waals surface area contributed by atoms with Crippen molar-refractivity contribution in [3.05, 3.63) is 64.5 Å². The number of nitrogens with one attached hydrogen (secondary N) is 2. The second kappa shape index (κ2) is 9.27. The zero-order chi connectivity index (χ0) is 21.8. The van der Waals surface area contributed by atoms with Crippen molar-refractivity contribution in [2.45, 2.75) is 30.8 Å². The van der Waals surface area contributed by atoms with Crippen molar-refractivity contribution in [2.24, 2.45) is 0 Å². The lowest BCUT2D eigenvalue weighted by atomic mass is 10.1. The lowest BCUT2D eigenvalue weighted by Crippen LogP contribution is -2.31. The maximum absolute atomic E-state index is 12.5. The second-order valence-electron chi connectivity index (χ2n) is 7.29. The highest BCUT2D eigenvalue weighted by atomic mass is 32.2. The number of anilines is 1. The normalized spacial score (nSPS) is 16.4. The molecule has 0 spiro atoms. The molecule has 1 saturated heterocycles. The Hall–Kier alpha value is -2.59. The molecule has 3 aromatic rings. The molecule has 7 nitrogen and oxygen atoms in total. The first-order valence-electron chi connectivity index (χ1n) is 9.96. The van der Waals surface area contributed by atoms with E-state index in [0.29, 0.717) is 17.9 Å². The number of benzene rings is 2. The molecule has 0 radical (unpaired) electrons. The van der Waals surface area contributed by atoms with E-state index in [1.54, 1.807) is 11.3 Å². The van der Waals surface area contributed by atoms with E-state index in [4.69, 9.17) is 4.74 Å². The number of sulfonamides is 1. The standard InChI is InChI=1S/C22H23N3O4S2/c1-15-24-21(14-30-15)16-4-8-18(9-5-16)25-22(26)17-6-10-20(11-7-17)31(27,28)23-13-19-3-2-12-29-19/h4-11,14,19,23H,2-3,12-13H2,1H3,(H,25,26). The first-order chi connectivity index (χ1) is 14.9. The second-order valence-corrected chi connectivity index (χ2v) is 10.1. The molecule has 2 heterocycles. The van der Waals surface area contributed by atoms with Crippen LogP contribution in [0.3, 0.4) is 0 Å². The Balaban J connectivity index is 1.37. The molecule has 1 atom stereocenters. The van der Waals surface area contributed by atoms with Gasteiger partial charge in [0.15, 0.2) is 0 Å². The van der Waals surface area contributed by atoms with E-state index in [0.717, 1.165) is 29.1 Å². The van der Waals surface area contributed by atoms with Crippen LogP contribution in [0.4, 0.5) is 5.69 Å². The summed E-state index contributed by atoms with van der Waals surface area (Å²) < 4.78 is 32.9. The van der Waals surface area contributed by atoms with Crippen LogP contribution >= 0.6 is 11.3 Å². The summed E-state index contributed by atoms with van der Waals surface area (Å²) in [5, 5.41) is 5.82. The highest BCUT2D eigenvalue weighted by Crippen LogP contribution is 2.23. The molecule has 31 heavy (non-hydrogen) atoms. The Morgan fingerprint density at radius 1 is 1.16 bits per heavy atom. The summed E-state index contributed by atoms with van der Waals surface area (Å²) in [5.41, 5.74) is 2.91. The van der Waals surface area contributed by atoms with Gasteiger partial charge in [-0.1, -0.05) is 12.1 Å². The van der Waals surface area contributed by atoms with E-state index in [1.165, 1.54) is 24.3 Å². The molecular weight excluding hydrogens is 434 g/mol. The summed E-state index contributed by atoms with van der Waals surface area (Å²) in [6.45, 7) is 2.88. The molecule has 162 valence electrons. The monoisotopic (exact) mass is 457 g/mol. The van der Waals surface area contributed by atoms with Crippen LogP contribution in [0.15, 0.2) is 58.8 Å². The third-order valence-electron chi connectivity index (χ3n) is 5.01. The Morgan fingerprint density at radius 3 is 2.52 bits per heavy atom. The molecule has 1 unspecified atom stereocenters. The number of hydrogen-bond acceptors (Lipinski definition) is 6. The fourth-order valence-electron chi connectivity index (χ4n) is 3.30. The van der Waals surface area contributed by atoms with Crippen LogP contribution in [0.25, 0.3) is 11.3 Å². The summed E-state index contributed by atoms with van der Waals surface area (Å²) in [5.74, 6) is -0.312. The van der Waals surface area contributed by atoms with Crippen LogP contribution in [-0.2, 0) is 14.8 Å². The first kappa shape index (κ1) is 21.6. The van der Waals surface area contributed by atoms with Gasteiger partial charge in [-0.25, -0.2) is 18.1 Å². The number of carbonyl (C=O) groups is 1. The maximum Gasteiger partial charge on any atom is 0.255 e. The predicted molar refractivity (Wildman–Crippen MR) is 121 cm³/mol. The average Bonchev–Trinajstić information content (AvgIpc) is 3.45. The number of aryl methyl sites for hydroxylation is 1. The highest BCUT2D eigenvalue weighted by Gasteiger charge is 2.20. The molecule has 9 heteroatoms. The van der Waals surface area contributed by atoms with Crippen molar-refractivity contribution >= 4 is 33.0 Å². The summed E-state index contributed by atoms with van der Waals surface area (Å²) in [4.78, 5) is 17.1. The van der Waals surface area contributed by atoms with E-state index in [9.17, 15) is 13.2 Å². The van der Waals surface area contributed by atoms with Gasteiger partial charge in [0.1, 0.15) is 0 Å². The average molecular weight is 458 g/mol. The molecule has 1 aliphatic rings. The Labute approximate surface area is 185 Å². The molecule has 1 aromatic heterocycles. The SMILES string of the molecule is Cc1nc(-c2ccc(NC(=O)c3ccc(S(=O)(=O)NCC4CCCO4)cc3)cc2)cs1. The molecule has 1 amide bonds. The van der Waals surface area contributed by atoms with Gasteiger partial charge in [-0.2, -0.15) is 0 Å². The number of thiazole rings is 1. The zero-order valence-electron chi connectivity index (χ0n) is 17.0. The van der Waals surface area contributed by atoms with Crippen LogP contribution < -0.4 is 10.0 Å². The summed E-state index contributed by atoms with van der Waals surface area (Å²) in [6.07, 6.45) is 1.72. The number of nitrogens with zero attached hydrogens (tertiary/aromatic N) is 1. The lowest BCUT2D eigenvalue weighted by molar-refractivity contribution is 0.102. The molecule has 2 aromatic carbocycles. The molecule has 1 fully saturated rings. The van der Waals surface area contributed by atoms with Crippen molar-refractivity contribution in [3.63, 3.8) is 0 Å². The van der Waals surface area contributed by atoms with Gasteiger partial charge >= 0.3 is 0 Å². The number of ether oxygens (including phenoxy) is 1. The van der Waals surface area contributed by atoms with Crippen LogP contribution in [0.5, 0.6) is 0 Å². The fourth-order valence-corrected chi connectivity index (χ4v) is 4.99. The first-order valence-corrected chi connectivity index (χ1v) is 12.3. The molecule has 2 N–H and O–H groups in total. The van der Waals surface area contributed by atoms with Gasteiger partial charge in [-0.15, -0.1) is 11.3 Å². The van der Waals surface area contributed by atoms with Crippen molar-refractivity contribution in [3.8, 4) is 11.3 Å². The van der Waals surface area contributed by atoms with Crippen LogP contribution in [0.2, 0.25) is 0 Å². The largest absolute Gasteiger partial charge is 0.377 e. The van der Waals surface area contributed by atoms with Gasteiger partial charge in [0.25, 0.3) is 5.91 Å². The summed E-state index contributed by atoms with van der Waals surface area (Å²) in [6, 6.07) is 13.3.